The van der Waals surface area contributed by atoms with Crippen LogP contribution in [0.2, 0.25) is 0 Å². The number of nitrogens with zero attached hydrogens (tertiary/aromatic N) is 1. The maximum atomic E-state index is 9.02. The Morgan fingerprint density at radius 1 is 1.42 bits per heavy atom. The van der Waals surface area contributed by atoms with E-state index in [4.69, 9.17) is 20.8 Å². The first-order valence-corrected chi connectivity index (χ1v) is 6.30. The molecule has 0 unspecified atom stereocenters. The van der Waals surface area contributed by atoms with Gasteiger partial charge in [-0.05, 0) is 30.5 Å². The van der Waals surface area contributed by atoms with Gasteiger partial charge in [-0.3, -0.25) is 0 Å². The maximum absolute atomic E-state index is 9.02. The second-order valence-electron chi connectivity index (χ2n) is 5.13. The summed E-state index contributed by atoms with van der Waals surface area (Å²) in [5.74, 6) is 0.975. The molecule has 0 saturated carbocycles. The number of hydrogen-bond donors (Lipinski definition) is 3. The molecule has 106 valence electrons. The van der Waals surface area contributed by atoms with E-state index in [9.17, 15) is 0 Å². The van der Waals surface area contributed by atoms with Crippen molar-refractivity contribution in [3.05, 3.63) is 29.8 Å². The molecule has 0 aromatic heterocycles. The van der Waals surface area contributed by atoms with Crippen LogP contribution in [0, 0.1) is 5.41 Å². The van der Waals surface area contributed by atoms with Crippen molar-refractivity contribution in [2.45, 2.75) is 33.3 Å². The largest absolute Gasteiger partial charge is 0.494 e. The summed E-state index contributed by atoms with van der Waals surface area (Å²) < 4.78 is 5.60. The second-order valence-corrected chi connectivity index (χ2v) is 5.13. The Kier molecular flexibility index (Phi) is 5.63. The van der Waals surface area contributed by atoms with Crippen LogP contribution >= 0.6 is 0 Å². The normalized spacial score (nSPS) is 12.5. The Hall–Kier alpha value is -1.75. The highest BCUT2D eigenvalue weighted by Gasteiger charge is 2.22. The molecular weight excluding hydrogens is 244 g/mol. The predicted molar refractivity (Wildman–Crippen MR) is 74.3 cm³/mol. The average molecular weight is 266 g/mol. The number of amidine groups is 1. The third-order valence-electron chi connectivity index (χ3n) is 3.10. The number of ether oxygens (including phenoxy) is 1. The first-order chi connectivity index (χ1) is 8.99. The molecule has 0 amide bonds. The van der Waals surface area contributed by atoms with Crippen molar-refractivity contribution >= 4 is 5.84 Å². The third-order valence-corrected chi connectivity index (χ3v) is 3.10. The van der Waals surface area contributed by atoms with Crippen molar-refractivity contribution in [1.82, 2.24) is 0 Å². The van der Waals surface area contributed by atoms with Gasteiger partial charge < -0.3 is 20.8 Å². The van der Waals surface area contributed by atoms with Crippen LogP contribution in [0.15, 0.2) is 29.4 Å². The summed E-state index contributed by atoms with van der Waals surface area (Å²) in [4.78, 5) is 0. The number of rotatable bonds is 7. The van der Waals surface area contributed by atoms with Crippen LogP contribution in [-0.4, -0.2) is 22.8 Å². The van der Waals surface area contributed by atoms with Gasteiger partial charge in [0.2, 0.25) is 0 Å². The quantitative estimate of drug-likeness (QED) is 0.232. The monoisotopic (exact) mass is 266 g/mol. The van der Waals surface area contributed by atoms with Crippen molar-refractivity contribution in [1.29, 1.82) is 0 Å². The smallest absolute Gasteiger partial charge is 0.144 e. The number of aliphatic hydroxyl groups is 1. The summed E-state index contributed by atoms with van der Waals surface area (Å²) in [6, 6.07) is 7.36. The van der Waals surface area contributed by atoms with Gasteiger partial charge in [-0.15, -0.1) is 0 Å². The van der Waals surface area contributed by atoms with Gasteiger partial charge in [-0.25, -0.2) is 0 Å². The van der Waals surface area contributed by atoms with Crippen LogP contribution in [0.25, 0.3) is 0 Å². The molecule has 0 aliphatic rings. The lowest BCUT2D eigenvalue weighted by Crippen LogP contribution is -2.32. The minimum absolute atomic E-state index is 0.00767. The van der Waals surface area contributed by atoms with Crippen LogP contribution in [0.1, 0.15) is 32.3 Å². The van der Waals surface area contributed by atoms with Crippen LogP contribution in [-0.2, 0) is 6.61 Å². The zero-order valence-corrected chi connectivity index (χ0v) is 11.5. The number of benzene rings is 1. The van der Waals surface area contributed by atoms with Gasteiger partial charge in [0.1, 0.15) is 11.6 Å². The fourth-order valence-electron chi connectivity index (χ4n) is 1.70. The number of nitrogens with two attached hydrogens (primary N) is 1. The molecule has 0 aliphatic heterocycles. The zero-order chi connectivity index (χ0) is 14.3. The van der Waals surface area contributed by atoms with Crippen LogP contribution in [0.3, 0.4) is 0 Å². The SMILES string of the molecule is CC(C)(CCCOc1cccc(CO)c1)C(N)=NO. The highest BCUT2D eigenvalue weighted by Crippen LogP contribution is 2.22. The van der Waals surface area contributed by atoms with Gasteiger partial charge in [0.25, 0.3) is 0 Å². The molecule has 0 radical (unpaired) electrons. The Labute approximate surface area is 113 Å². The molecule has 19 heavy (non-hydrogen) atoms. The summed E-state index contributed by atoms with van der Waals surface area (Å²) in [7, 11) is 0. The van der Waals surface area contributed by atoms with E-state index >= 15 is 0 Å². The fraction of sp³-hybridized carbons (Fsp3) is 0.500. The molecule has 1 aromatic carbocycles. The zero-order valence-electron chi connectivity index (χ0n) is 11.5. The molecular formula is C14H22N2O3. The number of aliphatic hydroxyl groups excluding tert-OH is 1. The summed E-state index contributed by atoms with van der Waals surface area (Å²) in [6.07, 6.45) is 1.56. The first kappa shape index (κ1) is 15.3. The lowest BCUT2D eigenvalue weighted by Gasteiger charge is -2.22. The molecule has 0 aliphatic carbocycles. The van der Waals surface area contributed by atoms with Gasteiger partial charge in [-0.2, -0.15) is 0 Å². The van der Waals surface area contributed by atoms with Crippen molar-refractivity contribution in [3.63, 3.8) is 0 Å². The van der Waals surface area contributed by atoms with Gasteiger partial charge in [0.15, 0.2) is 0 Å². The molecule has 1 aromatic rings. The maximum Gasteiger partial charge on any atom is 0.144 e. The van der Waals surface area contributed by atoms with E-state index in [2.05, 4.69) is 5.16 Å². The van der Waals surface area contributed by atoms with E-state index in [0.29, 0.717) is 6.61 Å². The van der Waals surface area contributed by atoms with E-state index in [1.54, 1.807) is 0 Å². The van der Waals surface area contributed by atoms with E-state index < -0.39 is 0 Å². The molecule has 5 nitrogen and oxygen atoms in total. The summed E-state index contributed by atoms with van der Waals surface area (Å²) >= 11 is 0. The average Bonchev–Trinajstić information content (AvgIpc) is 2.43. The van der Waals surface area contributed by atoms with Gasteiger partial charge >= 0.3 is 0 Å². The Balaban J connectivity index is 2.38. The fourth-order valence-corrected chi connectivity index (χ4v) is 1.70. The standard InChI is InChI=1S/C14H22N2O3/c1-14(2,13(15)16-18)7-4-8-19-12-6-3-5-11(9-12)10-17/h3,5-6,9,17-18H,4,7-8,10H2,1-2H3,(H2,15,16). The van der Waals surface area contributed by atoms with Gasteiger partial charge in [0.05, 0.1) is 13.2 Å². The molecule has 0 bridgehead atoms. The third kappa shape index (κ3) is 4.79. The van der Waals surface area contributed by atoms with Crippen molar-refractivity contribution < 1.29 is 15.1 Å². The topological polar surface area (TPSA) is 88.1 Å². The molecule has 0 atom stereocenters. The molecule has 0 heterocycles. The number of hydrogen-bond acceptors (Lipinski definition) is 4. The molecule has 5 heteroatoms. The Morgan fingerprint density at radius 3 is 2.79 bits per heavy atom. The van der Waals surface area contributed by atoms with E-state index in [1.807, 2.05) is 38.1 Å². The second kappa shape index (κ2) is 6.99. The summed E-state index contributed by atoms with van der Waals surface area (Å²) in [5.41, 5.74) is 6.10. The lowest BCUT2D eigenvalue weighted by molar-refractivity contribution is 0.271. The van der Waals surface area contributed by atoms with E-state index in [1.165, 1.54) is 0 Å². The van der Waals surface area contributed by atoms with E-state index in [0.717, 1.165) is 24.2 Å². The Morgan fingerprint density at radius 2 is 2.16 bits per heavy atom. The highest BCUT2D eigenvalue weighted by molar-refractivity contribution is 5.85. The number of oxime groups is 1. The highest BCUT2D eigenvalue weighted by atomic mass is 16.5. The molecule has 4 N–H and O–H groups in total. The molecule has 0 fully saturated rings. The van der Waals surface area contributed by atoms with Gasteiger partial charge in [0, 0.05) is 5.41 Å². The summed E-state index contributed by atoms with van der Waals surface area (Å²) in [5, 5.41) is 20.7. The lowest BCUT2D eigenvalue weighted by atomic mass is 9.87. The van der Waals surface area contributed by atoms with Crippen LogP contribution in [0.5, 0.6) is 5.75 Å². The molecule has 1 rings (SSSR count). The van der Waals surface area contributed by atoms with Crippen molar-refractivity contribution in [2.75, 3.05) is 6.61 Å². The molecule has 0 saturated heterocycles. The molecule has 0 spiro atoms. The van der Waals surface area contributed by atoms with Gasteiger partial charge in [-0.1, -0.05) is 31.1 Å². The van der Waals surface area contributed by atoms with E-state index in [-0.39, 0.29) is 17.9 Å². The minimum Gasteiger partial charge on any atom is -0.494 e. The van der Waals surface area contributed by atoms with Crippen molar-refractivity contribution in [2.24, 2.45) is 16.3 Å². The minimum atomic E-state index is -0.342. The summed E-state index contributed by atoms with van der Waals surface area (Å²) in [6.45, 7) is 4.41. The van der Waals surface area contributed by atoms with Crippen molar-refractivity contribution in [3.8, 4) is 5.75 Å². The first-order valence-electron chi connectivity index (χ1n) is 6.30. The van der Waals surface area contributed by atoms with Crippen LogP contribution < -0.4 is 10.5 Å². The van der Waals surface area contributed by atoms with Crippen LogP contribution in [0.4, 0.5) is 0 Å². The Bertz CT molecular complexity index is 430. The predicted octanol–water partition coefficient (Wildman–Crippen LogP) is 2.11.